The molecule has 0 aliphatic rings. The zero-order valence-electron chi connectivity index (χ0n) is 9.12. The van der Waals surface area contributed by atoms with Gasteiger partial charge in [-0.2, -0.15) is 0 Å². The van der Waals surface area contributed by atoms with E-state index in [9.17, 15) is 4.79 Å². The van der Waals surface area contributed by atoms with Crippen LogP contribution in [-0.4, -0.2) is 12.6 Å². The maximum absolute atomic E-state index is 11.8. The third kappa shape index (κ3) is 2.95. The van der Waals surface area contributed by atoms with Gasteiger partial charge in [-0.05, 0) is 24.3 Å². The van der Waals surface area contributed by atoms with Gasteiger partial charge in [-0.25, -0.2) is 0 Å². The van der Waals surface area contributed by atoms with Gasteiger partial charge in [0.2, 0.25) is 0 Å². The molecule has 0 bridgehead atoms. The SMILES string of the molecule is CCOC(=O)C(c1sccc1Cl)C(C)C. The van der Waals surface area contributed by atoms with Crippen LogP contribution in [0.5, 0.6) is 0 Å². The lowest BCUT2D eigenvalue weighted by Gasteiger charge is -2.18. The summed E-state index contributed by atoms with van der Waals surface area (Å²) in [6.45, 7) is 6.21. The summed E-state index contributed by atoms with van der Waals surface area (Å²) in [4.78, 5) is 12.7. The summed E-state index contributed by atoms with van der Waals surface area (Å²) in [5, 5.41) is 2.55. The number of hydrogen-bond donors (Lipinski definition) is 0. The highest BCUT2D eigenvalue weighted by molar-refractivity contribution is 7.10. The topological polar surface area (TPSA) is 26.3 Å². The van der Waals surface area contributed by atoms with Crippen molar-refractivity contribution in [2.45, 2.75) is 26.7 Å². The molecule has 0 fully saturated rings. The first kappa shape index (κ1) is 12.5. The van der Waals surface area contributed by atoms with Gasteiger partial charge < -0.3 is 4.74 Å². The van der Waals surface area contributed by atoms with E-state index in [1.807, 2.05) is 32.2 Å². The van der Waals surface area contributed by atoms with Crippen molar-refractivity contribution in [3.8, 4) is 0 Å². The second-order valence-electron chi connectivity index (χ2n) is 3.61. The van der Waals surface area contributed by atoms with Gasteiger partial charge in [-0.3, -0.25) is 4.79 Å². The number of halogens is 1. The predicted octanol–water partition coefficient (Wildman–Crippen LogP) is 3.70. The Kier molecular flexibility index (Phi) is 4.61. The molecule has 0 saturated heterocycles. The Morgan fingerprint density at radius 1 is 1.60 bits per heavy atom. The summed E-state index contributed by atoms with van der Waals surface area (Å²) in [5.41, 5.74) is 0. The number of esters is 1. The molecule has 1 atom stereocenters. The van der Waals surface area contributed by atoms with E-state index < -0.39 is 0 Å². The van der Waals surface area contributed by atoms with Gasteiger partial charge >= 0.3 is 5.97 Å². The van der Waals surface area contributed by atoms with Crippen LogP contribution in [0.25, 0.3) is 0 Å². The molecule has 0 aliphatic carbocycles. The maximum atomic E-state index is 11.8. The summed E-state index contributed by atoms with van der Waals surface area (Å²) in [5.74, 6) is -0.227. The molecular formula is C11H15ClO2S. The van der Waals surface area contributed by atoms with E-state index in [2.05, 4.69) is 0 Å². The van der Waals surface area contributed by atoms with Crippen molar-refractivity contribution in [1.29, 1.82) is 0 Å². The second-order valence-corrected chi connectivity index (χ2v) is 4.96. The molecule has 0 aromatic carbocycles. The number of rotatable bonds is 4. The summed E-state index contributed by atoms with van der Waals surface area (Å²) in [7, 11) is 0. The van der Waals surface area contributed by atoms with Crippen LogP contribution in [0.1, 0.15) is 31.6 Å². The molecule has 1 aromatic rings. The lowest BCUT2D eigenvalue weighted by molar-refractivity contribution is -0.146. The lowest BCUT2D eigenvalue weighted by atomic mass is 9.94. The van der Waals surface area contributed by atoms with Gasteiger partial charge in [-0.15, -0.1) is 11.3 Å². The van der Waals surface area contributed by atoms with Crippen molar-refractivity contribution in [2.24, 2.45) is 5.92 Å². The summed E-state index contributed by atoms with van der Waals surface area (Å²) in [6.07, 6.45) is 0. The minimum Gasteiger partial charge on any atom is -0.465 e. The molecule has 0 aliphatic heterocycles. The van der Waals surface area contributed by atoms with Crippen LogP contribution >= 0.6 is 22.9 Å². The Bertz CT molecular complexity index is 333. The Morgan fingerprint density at radius 2 is 2.27 bits per heavy atom. The second kappa shape index (κ2) is 5.52. The van der Waals surface area contributed by atoms with Crippen LogP contribution in [0, 0.1) is 5.92 Å². The van der Waals surface area contributed by atoms with E-state index in [1.54, 1.807) is 0 Å². The Hall–Kier alpha value is -0.540. The standard InChI is InChI=1S/C11H15ClO2S/c1-4-14-11(13)9(7(2)3)10-8(12)5-6-15-10/h5-7,9H,4H2,1-3H3. The van der Waals surface area contributed by atoms with Crippen LogP contribution in [0.4, 0.5) is 0 Å². The smallest absolute Gasteiger partial charge is 0.314 e. The third-order valence-corrected chi connectivity index (χ3v) is 3.58. The highest BCUT2D eigenvalue weighted by Gasteiger charge is 2.28. The molecule has 1 heterocycles. The van der Waals surface area contributed by atoms with Crippen LogP contribution in [0.2, 0.25) is 5.02 Å². The number of hydrogen-bond acceptors (Lipinski definition) is 3. The molecule has 0 amide bonds. The van der Waals surface area contributed by atoms with Crippen molar-refractivity contribution in [3.63, 3.8) is 0 Å². The Morgan fingerprint density at radius 3 is 2.67 bits per heavy atom. The minimum atomic E-state index is -0.238. The molecule has 15 heavy (non-hydrogen) atoms. The summed E-state index contributed by atoms with van der Waals surface area (Å²) >= 11 is 7.53. The van der Waals surface area contributed by atoms with Crippen molar-refractivity contribution in [2.75, 3.05) is 6.61 Å². The van der Waals surface area contributed by atoms with Crippen molar-refractivity contribution < 1.29 is 9.53 Å². The maximum Gasteiger partial charge on any atom is 0.314 e. The summed E-state index contributed by atoms with van der Waals surface area (Å²) < 4.78 is 5.05. The quantitative estimate of drug-likeness (QED) is 0.758. The molecular weight excluding hydrogens is 232 g/mol. The van der Waals surface area contributed by atoms with E-state index >= 15 is 0 Å². The molecule has 0 saturated carbocycles. The van der Waals surface area contributed by atoms with Gasteiger partial charge in [0.05, 0.1) is 17.5 Å². The Labute approximate surface area is 99.2 Å². The molecule has 4 heteroatoms. The van der Waals surface area contributed by atoms with Gasteiger partial charge in [0.1, 0.15) is 0 Å². The van der Waals surface area contributed by atoms with Crippen molar-refractivity contribution in [1.82, 2.24) is 0 Å². The average Bonchev–Trinajstić information content (AvgIpc) is 2.52. The summed E-state index contributed by atoms with van der Waals surface area (Å²) in [6, 6.07) is 1.82. The van der Waals surface area contributed by atoms with E-state index in [0.29, 0.717) is 11.6 Å². The number of carbonyl (C=O) groups is 1. The minimum absolute atomic E-state index is 0.183. The monoisotopic (exact) mass is 246 g/mol. The molecule has 1 aromatic heterocycles. The fourth-order valence-electron chi connectivity index (χ4n) is 1.44. The average molecular weight is 247 g/mol. The first-order valence-corrected chi connectivity index (χ1v) is 6.23. The van der Waals surface area contributed by atoms with E-state index in [4.69, 9.17) is 16.3 Å². The Balaban J connectivity index is 2.93. The lowest BCUT2D eigenvalue weighted by Crippen LogP contribution is -2.20. The van der Waals surface area contributed by atoms with E-state index in [-0.39, 0.29) is 17.8 Å². The van der Waals surface area contributed by atoms with Crippen LogP contribution < -0.4 is 0 Å². The number of thiophene rings is 1. The van der Waals surface area contributed by atoms with Gasteiger partial charge in [0.15, 0.2) is 0 Å². The normalized spacial score (nSPS) is 12.9. The zero-order valence-corrected chi connectivity index (χ0v) is 10.7. The van der Waals surface area contributed by atoms with Crippen LogP contribution in [-0.2, 0) is 9.53 Å². The first-order chi connectivity index (χ1) is 7.07. The van der Waals surface area contributed by atoms with Gasteiger partial charge in [-0.1, -0.05) is 25.4 Å². The number of carbonyl (C=O) groups excluding carboxylic acids is 1. The van der Waals surface area contributed by atoms with E-state index in [0.717, 1.165) is 4.88 Å². The van der Waals surface area contributed by atoms with Crippen LogP contribution in [0.3, 0.4) is 0 Å². The van der Waals surface area contributed by atoms with Crippen molar-refractivity contribution in [3.05, 3.63) is 21.3 Å². The molecule has 0 N–H and O–H groups in total. The van der Waals surface area contributed by atoms with Gasteiger partial charge in [0.25, 0.3) is 0 Å². The molecule has 84 valence electrons. The molecule has 1 unspecified atom stereocenters. The molecule has 2 nitrogen and oxygen atoms in total. The molecule has 1 rings (SSSR count). The largest absolute Gasteiger partial charge is 0.465 e. The molecule has 0 spiro atoms. The third-order valence-electron chi connectivity index (χ3n) is 2.13. The highest BCUT2D eigenvalue weighted by Crippen LogP contribution is 2.35. The van der Waals surface area contributed by atoms with Crippen molar-refractivity contribution >= 4 is 28.9 Å². The fraction of sp³-hybridized carbons (Fsp3) is 0.545. The van der Waals surface area contributed by atoms with Crippen LogP contribution in [0.15, 0.2) is 11.4 Å². The first-order valence-electron chi connectivity index (χ1n) is 4.97. The van der Waals surface area contributed by atoms with E-state index in [1.165, 1.54) is 11.3 Å². The molecule has 0 radical (unpaired) electrons. The fourth-order valence-corrected chi connectivity index (χ4v) is 2.88. The zero-order chi connectivity index (χ0) is 11.4. The van der Waals surface area contributed by atoms with Gasteiger partial charge in [0, 0.05) is 4.88 Å². The predicted molar refractivity (Wildman–Crippen MR) is 63.5 cm³/mol. The highest BCUT2D eigenvalue weighted by atomic mass is 35.5. The number of ether oxygens (including phenoxy) is 1.